The summed E-state index contributed by atoms with van der Waals surface area (Å²) < 4.78 is 0. The molecule has 0 saturated carbocycles. The number of aryl methyl sites for hydroxylation is 1. The van der Waals surface area contributed by atoms with E-state index in [0.29, 0.717) is 0 Å². The molecule has 0 atom stereocenters. The quantitative estimate of drug-likeness (QED) is 0.683. The van der Waals surface area contributed by atoms with E-state index in [1.54, 1.807) is 0 Å². The van der Waals surface area contributed by atoms with E-state index in [4.69, 9.17) is 0 Å². The average Bonchev–Trinajstić information content (AvgIpc) is 2.48. The summed E-state index contributed by atoms with van der Waals surface area (Å²) in [5.74, 6) is 0. The summed E-state index contributed by atoms with van der Waals surface area (Å²) in [7, 11) is 1.93. The fraction of sp³-hybridized carbons (Fsp3) is 0.364. The van der Waals surface area contributed by atoms with Gasteiger partial charge in [0, 0.05) is 12.7 Å². The minimum atomic E-state index is 0.925. The summed E-state index contributed by atoms with van der Waals surface area (Å²) >= 11 is 0. The lowest BCUT2D eigenvalue weighted by molar-refractivity contribution is 0.600. The van der Waals surface area contributed by atoms with Crippen LogP contribution in [0.15, 0.2) is 18.7 Å². The van der Waals surface area contributed by atoms with Crippen LogP contribution in [0.25, 0.3) is 5.70 Å². The maximum Gasteiger partial charge on any atom is 0.113 e. The molecule has 0 unspecified atom stereocenters. The summed E-state index contributed by atoms with van der Waals surface area (Å²) in [6, 6.07) is 4.00. The molecule has 76 valence electrons. The highest BCUT2D eigenvalue weighted by Crippen LogP contribution is 2.29. The number of anilines is 1. The Balaban J connectivity index is 0.000000461. The van der Waals surface area contributed by atoms with Crippen LogP contribution in [0.3, 0.4) is 0 Å². The van der Waals surface area contributed by atoms with Crippen molar-refractivity contribution < 1.29 is 0 Å². The van der Waals surface area contributed by atoms with Crippen molar-refractivity contribution in [2.75, 3.05) is 12.5 Å². The lowest BCUT2D eigenvalue weighted by Crippen LogP contribution is -2.15. The first-order valence-corrected chi connectivity index (χ1v) is 4.86. The zero-order valence-corrected chi connectivity index (χ0v) is 9.26. The molecule has 0 aromatic carbocycles. The SMILES string of the molecule is C=C1c2nc(C)ccc2NN1C.CC. The van der Waals surface area contributed by atoms with Crippen molar-refractivity contribution in [2.45, 2.75) is 20.8 Å². The van der Waals surface area contributed by atoms with Crippen molar-refractivity contribution in [1.82, 2.24) is 9.99 Å². The maximum absolute atomic E-state index is 4.38. The average molecular weight is 191 g/mol. The highest BCUT2D eigenvalue weighted by molar-refractivity contribution is 5.76. The van der Waals surface area contributed by atoms with Crippen LogP contribution in [0.4, 0.5) is 5.69 Å². The molecule has 0 saturated heterocycles. The molecule has 2 rings (SSSR count). The second-order valence-corrected chi connectivity index (χ2v) is 2.97. The van der Waals surface area contributed by atoms with Gasteiger partial charge >= 0.3 is 0 Å². The largest absolute Gasteiger partial charge is 0.296 e. The third kappa shape index (κ3) is 1.71. The van der Waals surface area contributed by atoms with E-state index in [1.807, 2.05) is 45.0 Å². The predicted octanol–water partition coefficient (Wildman–Crippen LogP) is 2.66. The van der Waals surface area contributed by atoms with Gasteiger partial charge in [0.05, 0.1) is 11.4 Å². The Bertz CT molecular complexity index is 344. The zero-order valence-electron chi connectivity index (χ0n) is 9.26. The highest BCUT2D eigenvalue weighted by Gasteiger charge is 2.19. The van der Waals surface area contributed by atoms with Crippen LogP contribution >= 0.6 is 0 Å². The summed E-state index contributed by atoms with van der Waals surface area (Å²) in [5, 5.41) is 1.87. The fourth-order valence-corrected chi connectivity index (χ4v) is 1.27. The number of rotatable bonds is 0. The number of hydrogen-bond donors (Lipinski definition) is 1. The molecule has 0 fully saturated rings. The Morgan fingerprint density at radius 3 is 2.64 bits per heavy atom. The molecule has 1 aromatic rings. The molecule has 2 heterocycles. The summed E-state index contributed by atoms with van der Waals surface area (Å²) in [6.07, 6.45) is 0. The number of pyridine rings is 1. The first-order chi connectivity index (χ1) is 6.68. The molecule has 0 radical (unpaired) electrons. The van der Waals surface area contributed by atoms with Crippen molar-refractivity contribution in [3.05, 3.63) is 30.1 Å². The molecule has 1 aromatic heterocycles. The van der Waals surface area contributed by atoms with Gasteiger partial charge in [-0.1, -0.05) is 20.4 Å². The van der Waals surface area contributed by atoms with E-state index in [9.17, 15) is 0 Å². The van der Waals surface area contributed by atoms with Gasteiger partial charge in [0.25, 0.3) is 0 Å². The van der Waals surface area contributed by atoms with Gasteiger partial charge in [0.1, 0.15) is 5.69 Å². The maximum atomic E-state index is 4.38. The second kappa shape index (κ2) is 4.13. The first-order valence-electron chi connectivity index (χ1n) is 4.86. The predicted molar refractivity (Wildman–Crippen MR) is 60.7 cm³/mol. The van der Waals surface area contributed by atoms with Crippen molar-refractivity contribution in [1.29, 1.82) is 0 Å². The smallest absolute Gasteiger partial charge is 0.113 e. The Morgan fingerprint density at radius 2 is 2.00 bits per heavy atom. The zero-order chi connectivity index (χ0) is 10.7. The Labute approximate surface area is 85.4 Å². The van der Waals surface area contributed by atoms with Gasteiger partial charge in [0.15, 0.2) is 0 Å². The summed E-state index contributed by atoms with van der Waals surface area (Å²) in [5.41, 5.74) is 7.08. The van der Waals surface area contributed by atoms with E-state index in [2.05, 4.69) is 17.0 Å². The molecule has 0 spiro atoms. The van der Waals surface area contributed by atoms with Crippen molar-refractivity contribution >= 4 is 11.4 Å². The number of fused-ring (bicyclic) bond motifs is 1. The molecule has 3 heteroatoms. The molecule has 1 aliphatic rings. The van der Waals surface area contributed by atoms with Crippen LogP contribution < -0.4 is 5.43 Å². The fourth-order valence-electron chi connectivity index (χ4n) is 1.27. The Hall–Kier alpha value is -1.51. The number of hydrogen-bond acceptors (Lipinski definition) is 3. The van der Waals surface area contributed by atoms with E-state index in [-0.39, 0.29) is 0 Å². The summed E-state index contributed by atoms with van der Waals surface area (Å²) in [4.78, 5) is 4.38. The van der Waals surface area contributed by atoms with E-state index in [0.717, 1.165) is 22.8 Å². The molecule has 1 N–H and O–H groups in total. The lowest BCUT2D eigenvalue weighted by atomic mass is 10.2. The molecular formula is C11H17N3. The Kier molecular flexibility index (Phi) is 3.12. The summed E-state index contributed by atoms with van der Waals surface area (Å²) in [6.45, 7) is 9.90. The van der Waals surface area contributed by atoms with Crippen molar-refractivity contribution in [3.63, 3.8) is 0 Å². The molecule has 1 aliphatic heterocycles. The van der Waals surface area contributed by atoms with Crippen LogP contribution in [-0.4, -0.2) is 17.0 Å². The molecule has 14 heavy (non-hydrogen) atoms. The number of aromatic nitrogens is 1. The molecular weight excluding hydrogens is 174 g/mol. The van der Waals surface area contributed by atoms with Gasteiger partial charge in [-0.3, -0.25) is 10.4 Å². The molecule has 0 aliphatic carbocycles. The Morgan fingerprint density at radius 1 is 1.36 bits per heavy atom. The van der Waals surface area contributed by atoms with Crippen LogP contribution in [0.5, 0.6) is 0 Å². The van der Waals surface area contributed by atoms with Crippen LogP contribution in [-0.2, 0) is 0 Å². The van der Waals surface area contributed by atoms with Gasteiger partial charge < -0.3 is 0 Å². The number of nitrogens with zero attached hydrogens (tertiary/aromatic N) is 2. The normalized spacial score (nSPS) is 12.9. The van der Waals surface area contributed by atoms with Crippen molar-refractivity contribution in [3.8, 4) is 0 Å². The standard InChI is InChI=1S/C9H11N3.C2H6/c1-6-4-5-8-9(10-6)7(2)12(3)11-8;1-2/h4-5,11H,2H2,1,3H3;1-2H3. The lowest BCUT2D eigenvalue weighted by Gasteiger charge is -2.10. The first kappa shape index (κ1) is 10.6. The van der Waals surface area contributed by atoms with Crippen LogP contribution in [0, 0.1) is 6.92 Å². The van der Waals surface area contributed by atoms with Crippen LogP contribution in [0.1, 0.15) is 25.2 Å². The van der Waals surface area contributed by atoms with Crippen molar-refractivity contribution in [2.24, 2.45) is 0 Å². The molecule has 3 nitrogen and oxygen atoms in total. The molecule has 0 amide bonds. The third-order valence-electron chi connectivity index (χ3n) is 2.00. The minimum Gasteiger partial charge on any atom is -0.296 e. The van der Waals surface area contributed by atoms with Gasteiger partial charge in [-0.2, -0.15) is 0 Å². The van der Waals surface area contributed by atoms with Gasteiger partial charge in [-0.25, -0.2) is 4.98 Å². The third-order valence-corrected chi connectivity index (χ3v) is 2.00. The second-order valence-electron chi connectivity index (χ2n) is 2.97. The monoisotopic (exact) mass is 191 g/mol. The van der Waals surface area contributed by atoms with Crippen LogP contribution in [0.2, 0.25) is 0 Å². The molecule has 0 bridgehead atoms. The topological polar surface area (TPSA) is 28.2 Å². The minimum absolute atomic E-state index is 0.925. The van der Waals surface area contributed by atoms with E-state index >= 15 is 0 Å². The van der Waals surface area contributed by atoms with Gasteiger partial charge in [0.2, 0.25) is 0 Å². The van der Waals surface area contributed by atoms with Gasteiger partial charge in [-0.05, 0) is 19.1 Å². The number of nitrogens with one attached hydrogen (secondary N) is 1. The van der Waals surface area contributed by atoms with Gasteiger partial charge in [-0.15, -0.1) is 0 Å². The van der Waals surface area contributed by atoms with E-state index < -0.39 is 0 Å². The highest BCUT2D eigenvalue weighted by atomic mass is 15.5. The van der Waals surface area contributed by atoms with E-state index in [1.165, 1.54) is 0 Å². The number of hydrazine groups is 1.